The average Bonchev–Trinajstić information content (AvgIpc) is 3.02. The molecule has 4 rings (SSSR count). The van der Waals surface area contributed by atoms with Gasteiger partial charge in [-0.15, -0.1) is 0 Å². The number of benzene rings is 1. The minimum atomic E-state index is -0.236. The van der Waals surface area contributed by atoms with E-state index < -0.39 is 0 Å². The number of carbonyl (C=O) groups is 1. The Balaban J connectivity index is 1.64. The van der Waals surface area contributed by atoms with Gasteiger partial charge < -0.3 is 5.32 Å². The van der Waals surface area contributed by atoms with Crippen LogP contribution in [0.1, 0.15) is 44.5 Å². The second-order valence-electron chi connectivity index (χ2n) is 8.38. The van der Waals surface area contributed by atoms with Gasteiger partial charge in [-0.1, -0.05) is 38.3 Å². The van der Waals surface area contributed by atoms with E-state index in [0.29, 0.717) is 23.2 Å². The molecule has 1 saturated carbocycles. The van der Waals surface area contributed by atoms with Crippen LogP contribution in [0.3, 0.4) is 0 Å². The molecule has 28 heavy (non-hydrogen) atoms. The molecule has 148 valence electrons. The summed E-state index contributed by atoms with van der Waals surface area (Å²) >= 11 is 0. The Morgan fingerprint density at radius 2 is 1.96 bits per heavy atom. The lowest BCUT2D eigenvalue weighted by Gasteiger charge is -2.34. The van der Waals surface area contributed by atoms with E-state index in [-0.39, 0.29) is 24.1 Å². The first kappa shape index (κ1) is 18.7. The van der Waals surface area contributed by atoms with Gasteiger partial charge in [-0.2, -0.15) is 5.10 Å². The molecule has 1 aromatic carbocycles. The number of amides is 1. The Bertz CT molecular complexity index is 1110. The molecule has 0 saturated heterocycles. The Morgan fingerprint density at radius 3 is 2.75 bits per heavy atom. The van der Waals surface area contributed by atoms with Crippen molar-refractivity contribution in [1.82, 2.24) is 19.5 Å². The number of hydrogen-bond acceptors (Lipinski definition) is 3. The van der Waals surface area contributed by atoms with Crippen molar-refractivity contribution >= 4 is 22.3 Å². The van der Waals surface area contributed by atoms with Gasteiger partial charge in [-0.3, -0.25) is 14.0 Å². The zero-order chi connectivity index (χ0) is 20.0. The lowest BCUT2D eigenvalue weighted by atomic mass is 9.78. The minimum Gasteiger partial charge on any atom is -0.351 e. The topological polar surface area (TPSA) is 68.4 Å². The van der Waals surface area contributed by atoms with Crippen LogP contribution in [0.5, 0.6) is 0 Å². The van der Waals surface area contributed by atoms with Crippen LogP contribution in [0.2, 0.25) is 0 Å². The van der Waals surface area contributed by atoms with E-state index in [1.54, 1.807) is 0 Å². The van der Waals surface area contributed by atoms with Gasteiger partial charge in [0.25, 0.3) is 5.56 Å². The maximum atomic E-state index is 13.0. The number of hydrogen-bond donors (Lipinski definition) is 1. The van der Waals surface area contributed by atoms with Crippen molar-refractivity contribution in [2.45, 2.75) is 59.5 Å². The van der Waals surface area contributed by atoms with Gasteiger partial charge in [-0.25, -0.2) is 4.68 Å². The summed E-state index contributed by atoms with van der Waals surface area (Å²) in [7, 11) is 0. The Hall–Kier alpha value is -2.63. The summed E-state index contributed by atoms with van der Waals surface area (Å²) in [5, 5.41) is 8.56. The highest BCUT2D eigenvalue weighted by molar-refractivity contribution is 5.87. The highest BCUT2D eigenvalue weighted by atomic mass is 16.2. The Morgan fingerprint density at radius 1 is 1.18 bits per heavy atom. The van der Waals surface area contributed by atoms with Crippen molar-refractivity contribution in [2.75, 3.05) is 0 Å². The minimum absolute atomic E-state index is 0.0473. The molecule has 2 heterocycles. The third-order valence-corrected chi connectivity index (χ3v) is 6.35. The zero-order valence-corrected chi connectivity index (χ0v) is 17.0. The number of carbonyl (C=O) groups excluding carboxylic acids is 1. The molecule has 0 radical (unpaired) electrons. The largest absolute Gasteiger partial charge is 0.351 e. The molecule has 0 bridgehead atoms. The third kappa shape index (κ3) is 3.21. The fourth-order valence-electron chi connectivity index (χ4n) is 4.52. The van der Waals surface area contributed by atoms with Crippen LogP contribution in [0.4, 0.5) is 0 Å². The molecule has 1 amide bonds. The van der Waals surface area contributed by atoms with E-state index >= 15 is 0 Å². The van der Waals surface area contributed by atoms with Gasteiger partial charge in [0.15, 0.2) is 0 Å². The van der Waals surface area contributed by atoms with Crippen LogP contribution in [0.15, 0.2) is 29.1 Å². The van der Waals surface area contributed by atoms with Crippen molar-refractivity contribution in [1.29, 1.82) is 0 Å². The van der Waals surface area contributed by atoms with E-state index in [2.05, 4.69) is 30.3 Å². The van der Waals surface area contributed by atoms with Gasteiger partial charge >= 0.3 is 0 Å². The van der Waals surface area contributed by atoms with Gasteiger partial charge in [0.05, 0.1) is 5.52 Å². The first-order valence-electron chi connectivity index (χ1n) is 10.1. The first-order valence-corrected chi connectivity index (χ1v) is 10.1. The van der Waals surface area contributed by atoms with Crippen molar-refractivity contribution < 1.29 is 4.79 Å². The first-order chi connectivity index (χ1) is 13.3. The smallest absolute Gasteiger partial charge is 0.291 e. The number of aryl methyl sites for hydroxylation is 2. The van der Waals surface area contributed by atoms with Gasteiger partial charge in [0.1, 0.15) is 17.9 Å². The molecule has 3 unspecified atom stereocenters. The summed E-state index contributed by atoms with van der Waals surface area (Å²) in [4.78, 5) is 25.6. The normalized spacial score (nSPS) is 22.6. The lowest BCUT2D eigenvalue weighted by Crippen LogP contribution is -2.46. The zero-order valence-electron chi connectivity index (χ0n) is 17.0. The average molecular weight is 380 g/mol. The summed E-state index contributed by atoms with van der Waals surface area (Å²) in [6, 6.07) is 8.16. The molecule has 3 atom stereocenters. The van der Waals surface area contributed by atoms with Crippen LogP contribution >= 0.6 is 0 Å². The Labute approximate surface area is 164 Å². The van der Waals surface area contributed by atoms with Crippen LogP contribution in [0, 0.1) is 25.7 Å². The molecule has 1 aliphatic rings. The monoisotopic (exact) mass is 380 g/mol. The summed E-state index contributed by atoms with van der Waals surface area (Å²) in [5.41, 5.74) is 2.43. The lowest BCUT2D eigenvalue weighted by molar-refractivity contribution is -0.123. The highest BCUT2D eigenvalue weighted by Crippen LogP contribution is 2.29. The molecule has 6 heteroatoms. The van der Waals surface area contributed by atoms with Crippen molar-refractivity contribution in [2.24, 2.45) is 11.8 Å². The molecule has 1 N–H and O–H groups in total. The second-order valence-corrected chi connectivity index (χ2v) is 8.38. The van der Waals surface area contributed by atoms with E-state index in [1.807, 2.05) is 36.4 Å². The molecule has 2 aromatic heterocycles. The van der Waals surface area contributed by atoms with E-state index in [0.717, 1.165) is 29.3 Å². The molecular formula is C22H28N4O2. The fourth-order valence-corrected chi connectivity index (χ4v) is 4.52. The van der Waals surface area contributed by atoms with E-state index in [4.69, 9.17) is 0 Å². The second kappa shape index (κ2) is 7.08. The standard InChI is InChI=1S/C22H28N4O2/c1-13-8-9-19-17(10-13)11-20-22(28)25(24-16(4)26(19)20)12-21(27)23-18-7-5-6-14(2)15(18)3/h8-11,14-15,18H,5-7,12H2,1-4H3,(H,23,27). The number of nitrogens with one attached hydrogen (secondary N) is 1. The predicted molar refractivity (Wildman–Crippen MR) is 111 cm³/mol. The van der Waals surface area contributed by atoms with Crippen molar-refractivity contribution in [3.05, 3.63) is 46.0 Å². The summed E-state index contributed by atoms with van der Waals surface area (Å²) in [6.07, 6.45) is 3.35. The summed E-state index contributed by atoms with van der Waals surface area (Å²) in [5.74, 6) is 1.61. The Kier molecular flexibility index (Phi) is 4.73. The van der Waals surface area contributed by atoms with Crippen molar-refractivity contribution in [3.63, 3.8) is 0 Å². The molecule has 0 aliphatic heterocycles. The van der Waals surface area contributed by atoms with Crippen LogP contribution in [0.25, 0.3) is 16.4 Å². The number of aromatic nitrogens is 3. The molecule has 3 aromatic rings. The number of fused-ring (bicyclic) bond motifs is 3. The molecular weight excluding hydrogens is 352 g/mol. The summed E-state index contributed by atoms with van der Waals surface area (Å²) < 4.78 is 3.17. The predicted octanol–water partition coefficient (Wildman–Crippen LogP) is 3.21. The van der Waals surface area contributed by atoms with Crippen LogP contribution < -0.4 is 10.9 Å². The molecule has 0 spiro atoms. The highest BCUT2D eigenvalue weighted by Gasteiger charge is 2.28. The van der Waals surface area contributed by atoms with Gasteiger partial charge in [-0.05, 0) is 50.3 Å². The van der Waals surface area contributed by atoms with E-state index in [9.17, 15) is 9.59 Å². The third-order valence-electron chi connectivity index (χ3n) is 6.35. The number of rotatable bonds is 3. The van der Waals surface area contributed by atoms with E-state index in [1.165, 1.54) is 11.1 Å². The summed E-state index contributed by atoms with van der Waals surface area (Å²) in [6.45, 7) is 8.29. The number of nitrogens with zero attached hydrogens (tertiary/aromatic N) is 3. The molecule has 1 aliphatic carbocycles. The van der Waals surface area contributed by atoms with Crippen molar-refractivity contribution in [3.8, 4) is 0 Å². The SMILES string of the molecule is Cc1ccc2c(c1)cc1c(=O)n(CC(=O)NC3CCCC(C)C3C)nc(C)n12. The van der Waals surface area contributed by atoms with Gasteiger partial charge in [0.2, 0.25) is 5.91 Å². The van der Waals surface area contributed by atoms with Crippen LogP contribution in [-0.2, 0) is 11.3 Å². The van der Waals surface area contributed by atoms with Crippen LogP contribution in [-0.4, -0.2) is 26.1 Å². The maximum absolute atomic E-state index is 13.0. The van der Waals surface area contributed by atoms with Gasteiger partial charge in [0, 0.05) is 11.4 Å². The fraction of sp³-hybridized carbons (Fsp3) is 0.500. The molecule has 1 fully saturated rings. The quantitative estimate of drug-likeness (QED) is 0.759. The molecule has 6 nitrogen and oxygen atoms in total. The maximum Gasteiger partial charge on any atom is 0.291 e.